The van der Waals surface area contributed by atoms with Crippen LogP contribution in [0.4, 0.5) is 4.39 Å². The molecule has 0 aliphatic heterocycles. The van der Waals surface area contributed by atoms with E-state index < -0.39 is 23.6 Å². The summed E-state index contributed by atoms with van der Waals surface area (Å²) in [4.78, 5) is 35.5. The van der Waals surface area contributed by atoms with Gasteiger partial charge in [-0.05, 0) is 48.7 Å². The first-order valence-electron chi connectivity index (χ1n) is 9.29. The van der Waals surface area contributed by atoms with Gasteiger partial charge < -0.3 is 15.7 Å². The molecule has 6 nitrogen and oxygen atoms in total. The summed E-state index contributed by atoms with van der Waals surface area (Å²) >= 11 is 0. The standard InChI is InChI=1S/C22H23FN2O4/c23-18-12-10-16(11-13-18)15-19(25-21(28)17-7-3-1-4-8-17)22(29)24-14-6-2-5-9-20(26)27/h1,3-4,7-8,10-13,15H,2,5-6,9,14H2,(H,24,29)(H,25,28)(H,26,27)/b19-15-. The molecular formula is C22H23FN2O4. The summed E-state index contributed by atoms with van der Waals surface area (Å²) in [7, 11) is 0. The summed E-state index contributed by atoms with van der Waals surface area (Å²) in [6, 6.07) is 14.0. The zero-order valence-corrected chi connectivity index (χ0v) is 15.9. The maximum absolute atomic E-state index is 13.1. The van der Waals surface area contributed by atoms with E-state index in [1.807, 2.05) is 0 Å². The number of unbranched alkanes of at least 4 members (excludes halogenated alkanes) is 2. The van der Waals surface area contributed by atoms with Crippen LogP contribution in [0.15, 0.2) is 60.3 Å². The Morgan fingerprint density at radius 2 is 1.62 bits per heavy atom. The molecule has 0 aliphatic rings. The minimum Gasteiger partial charge on any atom is -0.481 e. The van der Waals surface area contributed by atoms with E-state index >= 15 is 0 Å². The largest absolute Gasteiger partial charge is 0.481 e. The van der Waals surface area contributed by atoms with E-state index in [-0.39, 0.29) is 12.1 Å². The predicted molar refractivity (Wildman–Crippen MR) is 107 cm³/mol. The number of rotatable bonds is 10. The Labute approximate surface area is 168 Å². The van der Waals surface area contributed by atoms with Gasteiger partial charge in [0.1, 0.15) is 11.5 Å². The lowest BCUT2D eigenvalue weighted by Crippen LogP contribution is -2.35. The predicted octanol–water partition coefficient (Wildman–Crippen LogP) is 3.36. The molecule has 3 N–H and O–H groups in total. The smallest absolute Gasteiger partial charge is 0.303 e. The molecule has 2 amide bonds. The first-order chi connectivity index (χ1) is 14.0. The van der Waals surface area contributed by atoms with E-state index in [4.69, 9.17) is 5.11 Å². The van der Waals surface area contributed by atoms with E-state index in [9.17, 15) is 18.8 Å². The van der Waals surface area contributed by atoms with Gasteiger partial charge in [0.05, 0.1) is 0 Å². The molecule has 0 bridgehead atoms. The lowest BCUT2D eigenvalue weighted by Gasteiger charge is -2.11. The molecule has 0 aromatic heterocycles. The maximum atomic E-state index is 13.1. The second-order valence-electron chi connectivity index (χ2n) is 6.39. The number of hydrogen-bond donors (Lipinski definition) is 3. The van der Waals surface area contributed by atoms with Crippen LogP contribution in [-0.2, 0) is 9.59 Å². The van der Waals surface area contributed by atoms with E-state index in [2.05, 4.69) is 10.6 Å². The molecule has 0 aliphatic carbocycles. The van der Waals surface area contributed by atoms with Gasteiger partial charge in [-0.25, -0.2) is 4.39 Å². The summed E-state index contributed by atoms with van der Waals surface area (Å²) in [5.74, 6) is -2.16. The van der Waals surface area contributed by atoms with Crippen LogP contribution >= 0.6 is 0 Å². The van der Waals surface area contributed by atoms with E-state index in [1.54, 1.807) is 30.3 Å². The second kappa shape index (κ2) is 11.4. The van der Waals surface area contributed by atoms with E-state index in [1.165, 1.54) is 30.3 Å². The van der Waals surface area contributed by atoms with Crippen LogP contribution < -0.4 is 10.6 Å². The van der Waals surface area contributed by atoms with Crippen LogP contribution in [0.1, 0.15) is 41.6 Å². The lowest BCUT2D eigenvalue weighted by molar-refractivity contribution is -0.137. The number of nitrogens with one attached hydrogen (secondary N) is 2. The van der Waals surface area contributed by atoms with E-state index in [0.29, 0.717) is 36.9 Å². The van der Waals surface area contributed by atoms with Crippen LogP contribution in [0.25, 0.3) is 6.08 Å². The van der Waals surface area contributed by atoms with Crippen molar-refractivity contribution in [3.05, 3.63) is 77.2 Å². The molecule has 2 aromatic rings. The van der Waals surface area contributed by atoms with Crippen LogP contribution in [0, 0.1) is 5.82 Å². The minimum absolute atomic E-state index is 0.0380. The number of carbonyl (C=O) groups is 3. The van der Waals surface area contributed by atoms with Crippen molar-refractivity contribution in [3.8, 4) is 0 Å². The number of hydrogen-bond acceptors (Lipinski definition) is 3. The minimum atomic E-state index is -0.845. The highest BCUT2D eigenvalue weighted by Crippen LogP contribution is 2.09. The topological polar surface area (TPSA) is 95.5 Å². The van der Waals surface area contributed by atoms with Gasteiger partial charge in [-0.1, -0.05) is 36.8 Å². The highest BCUT2D eigenvalue weighted by molar-refractivity contribution is 6.05. The summed E-state index contributed by atoms with van der Waals surface area (Å²) in [5.41, 5.74) is 1.00. The Morgan fingerprint density at radius 3 is 2.28 bits per heavy atom. The summed E-state index contributed by atoms with van der Waals surface area (Å²) in [5, 5.41) is 13.9. The monoisotopic (exact) mass is 398 g/mol. The van der Waals surface area contributed by atoms with Gasteiger partial charge in [0, 0.05) is 18.5 Å². The Hall–Kier alpha value is -3.48. The molecule has 0 atom stereocenters. The molecule has 0 unspecified atom stereocenters. The summed E-state index contributed by atoms with van der Waals surface area (Å²) in [6.07, 6.45) is 3.39. The third-order valence-electron chi connectivity index (χ3n) is 4.06. The van der Waals surface area contributed by atoms with Gasteiger partial charge in [-0.15, -0.1) is 0 Å². The van der Waals surface area contributed by atoms with Crippen molar-refractivity contribution in [2.45, 2.75) is 25.7 Å². The molecule has 7 heteroatoms. The highest BCUT2D eigenvalue weighted by atomic mass is 19.1. The summed E-state index contributed by atoms with van der Waals surface area (Å²) < 4.78 is 13.1. The van der Waals surface area contributed by atoms with Crippen LogP contribution in [0.5, 0.6) is 0 Å². The van der Waals surface area contributed by atoms with Crippen molar-refractivity contribution in [1.29, 1.82) is 0 Å². The molecule has 0 spiro atoms. The van der Waals surface area contributed by atoms with Gasteiger partial charge >= 0.3 is 5.97 Å². The Balaban J connectivity index is 2.03. The quantitative estimate of drug-likeness (QED) is 0.422. The lowest BCUT2D eigenvalue weighted by atomic mass is 10.1. The van der Waals surface area contributed by atoms with Gasteiger partial charge in [0.25, 0.3) is 11.8 Å². The normalized spacial score (nSPS) is 11.0. The third kappa shape index (κ3) is 7.96. The number of carboxylic acids is 1. The fraction of sp³-hybridized carbons (Fsp3) is 0.227. The SMILES string of the molecule is O=C(O)CCCCCNC(=O)/C(=C/c1ccc(F)cc1)NC(=O)c1ccccc1. The number of benzene rings is 2. The molecule has 0 saturated heterocycles. The number of aliphatic carboxylic acids is 1. The van der Waals surface area contributed by atoms with Crippen molar-refractivity contribution >= 4 is 23.9 Å². The fourth-order valence-electron chi connectivity index (χ4n) is 2.54. The van der Waals surface area contributed by atoms with Crippen molar-refractivity contribution < 1.29 is 23.9 Å². The second-order valence-corrected chi connectivity index (χ2v) is 6.39. The zero-order valence-electron chi connectivity index (χ0n) is 15.9. The average Bonchev–Trinajstić information content (AvgIpc) is 2.71. The highest BCUT2D eigenvalue weighted by Gasteiger charge is 2.14. The van der Waals surface area contributed by atoms with Crippen molar-refractivity contribution in [3.63, 3.8) is 0 Å². The van der Waals surface area contributed by atoms with Gasteiger partial charge in [0.15, 0.2) is 0 Å². The molecule has 29 heavy (non-hydrogen) atoms. The van der Waals surface area contributed by atoms with Gasteiger partial charge in [-0.3, -0.25) is 14.4 Å². The molecule has 2 rings (SSSR count). The molecule has 0 radical (unpaired) electrons. The summed E-state index contributed by atoms with van der Waals surface area (Å²) in [6.45, 7) is 0.348. The zero-order chi connectivity index (χ0) is 21.1. The number of amides is 2. The Morgan fingerprint density at radius 1 is 0.931 bits per heavy atom. The fourth-order valence-corrected chi connectivity index (χ4v) is 2.54. The van der Waals surface area contributed by atoms with Crippen molar-refractivity contribution in [1.82, 2.24) is 10.6 Å². The van der Waals surface area contributed by atoms with Crippen molar-refractivity contribution in [2.75, 3.05) is 6.54 Å². The molecule has 152 valence electrons. The molecule has 0 fully saturated rings. The average molecular weight is 398 g/mol. The van der Waals surface area contributed by atoms with Crippen LogP contribution in [0.2, 0.25) is 0 Å². The molecule has 2 aromatic carbocycles. The number of carboxylic acid groups (broad SMARTS) is 1. The van der Waals surface area contributed by atoms with Crippen LogP contribution in [-0.4, -0.2) is 29.4 Å². The Bertz CT molecular complexity index is 864. The maximum Gasteiger partial charge on any atom is 0.303 e. The van der Waals surface area contributed by atoms with Gasteiger partial charge in [0.2, 0.25) is 0 Å². The number of carbonyl (C=O) groups excluding carboxylic acids is 2. The first kappa shape index (κ1) is 21.8. The van der Waals surface area contributed by atoms with E-state index in [0.717, 1.165) is 0 Å². The molecular weight excluding hydrogens is 375 g/mol. The first-order valence-corrected chi connectivity index (χ1v) is 9.29. The van der Waals surface area contributed by atoms with Gasteiger partial charge in [-0.2, -0.15) is 0 Å². The Kier molecular flexibility index (Phi) is 8.56. The molecule has 0 heterocycles. The van der Waals surface area contributed by atoms with Crippen molar-refractivity contribution in [2.24, 2.45) is 0 Å². The van der Waals surface area contributed by atoms with Crippen LogP contribution in [0.3, 0.4) is 0 Å². The number of halogens is 1. The molecule has 0 saturated carbocycles. The third-order valence-corrected chi connectivity index (χ3v) is 4.06.